The van der Waals surface area contributed by atoms with Gasteiger partial charge in [-0.1, -0.05) is 19.3 Å². The minimum atomic E-state index is 0.149. The van der Waals surface area contributed by atoms with Crippen molar-refractivity contribution in [1.29, 1.82) is 0 Å². The predicted molar refractivity (Wildman–Crippen MR) is 78.2 cm³/mol. The predicted octanol–water partition coefficient (Wildman–Crippen LogP) is 1.51. The van der Waals surface area contributed by atoms with Gasteiger partial charge in [-0.3, -0.25) is 4.79 Å². The van der Waals surface area contributed by atoms with Crippen molar-refractivity contribution >= 4 is 5.91 Å². The van der Waals surface area contributed by atoms with Crippen LogP contribution in [-0.2, 0) is 4.79 Å². The molecule has 4 nitrogen and oxygen atoms in total. The van der Waals surface area contributed by atoms with Crippen molar-refractivity contribution in [3.8, 4) is 0 Å². The van der Waals surface area contributed by atoms with Crippen molar-refractivity contribution in [2.75, 3.05) is 26.2 Å². The van der Waals surface area contributed by atoms with Gasteiger partial charge in [0.05, 0.1) is 6.54 Å². The van der Waals surface area contributed by atoms with E-state index in [1.165, 1.54) is 58.0 Å². The first-order valence-corrected chi connectivity index (χ1v) is 7.99. The van der Waals surface area contributed by atoms with Crippen LogP contribution in [0.4, 0.5) is 0 Å². The number of hydrogen-bond donors (Lipinski definition) is 2. The minimum Gasteiger partial charge on any atom is -0.351 e. The fourth-order valence-electron chi connectivity index (χ4n) is 3.27. The molecule has 1 saturated carbocycles. The molecule has 0 radical (unpaired) electrons. The number of carbonyl (C=O) groups is 1. The molecule has 110 valence electrons. The molecule has 19 heavy (non-hydrogen) atoms. The third-order valence-electron chi connectivity index (χ3n) is 4.29. The molecule has 1 atom stereocenters. The molecule has 2 rings (SSSR count). The molecule has 1 aliphatic carbocycles. The lowest BCUT2D eigenvalue weighted by atomic mass is 10.1. The van der Waals surface area contributed by atoms with Crippen LogP contribution in [0.15, 0.2) is 0 Å². The lowest BCUT2D eigenvalue weighted by Gasteiger charge is -2.29. The Morgan fingerprint density at radius 2 is 1.84 bits per heavy atom. The number of rotatable bonds is 6. The van der Waals surface area contributed by atoms with Crippen molar-refractivity contribution in [1.82, 2.24) is 15.5 Å². The zero-order chi connectivity index (χ0) is 13.5. The summed E-state index contributed by atoms with van der Waals surface area (Å²) in [5.41, 5.74) is 0. The Balaban J connectivity index is 1.57. The van der Waals surface area contributed by atoms with E-state index in [9.17, 15) is 4.79 Å². The fourth-order valence-corrected chi connectivity index (χ4v) is 3.27. The van der Waals surface area contributed by atoms with Crippen molar-refractivity contribution in [2.24, 2.45) is 0 Å². The van der Waals surface area contributed by atoms with Crippen LogP contribution in [0, 0.1) is 0 Å². The van der Waals surface area contributed by atoms with E-state index in [0.717, 1.165) is 6.54 Å². The van der Waals surface area contributed by atoms with Gasteiger partial charge in [0.15, 0.2) is 0 Å². The number of hydrogen-bond acceptors (Lipinski definition) is 3. The Labute approximate surface area is 117 Å². The summed E-state index contributed by atoms with van der Waals surface area (Å²) in [5.74, 6) is 0.149. The second-order valence-electron chi connectivity index (χ2n) is 6.19. The molecule has 0 aromatic carbocycles. The van der Waals surface area contributed by atoms with E-state index in [-0.39, 0.29) is 11.9 Å². The Hall–Kier alpha value is -0.610. The minimum absolute atomic E-state index is 0.149. The normalized spacial score (nSPS) is 23.4. The van der Waals surface area contributed by atoms with Crippen LogP contribution in [0.5, 0.6) is 0 Å². The summed E-state index contributed by atoms with van der Waals surface area (Å²) in [7, 11) is 0. The molecule has 4 heteroatoms. The molecular weight excluding hydrogens is 238 g/mol. The molecule has 1 heterocycles. The highest BCUT2D eigenvalue weighted by Gasteiger charge is 2.17. The van der Waals surface area contributed by atoms with Crippen LogP contribution in [0.25, 0.3) is 0 Å². The van der Waals surface area contributed by atoms with Gasteiger partial charge in [-0.25, -0.2) is 0 Å². The number of carbonyl (C=O) groups excluding carboxylic acids is 1. The summed E-state index contributed by atoms with van der Waals surface area (Å²) in [5, 5.41) is 6.47. The lowest BCUT2D eigenvalue weighted by Crippen LogP contribution is -2.47. The molecule has 2 N–H and O–H groups in total. The Bertz CT molecular complexity index is 271. The second kappa shape index (κ2) is 7.85. The van der Waals surface area contributed by atoms with Gasteiger partial charge in [-0.05, 0) is 45.7 Å². The smallest absolute Gasteiger partial charge is 0.234 e. The van der Waals surface area contributed by atoms with Crippen LogP contribution in [-0.4, -0.2) is 49.1 Å². The van der Waals surface area contributed by atoms with Crippen molar-refractivity contribution in [3.63, 3.8) is 0 Å². The standard InChI is InChI=1S/C15H29N3O/c1-13(12-18-9-5-2-6-10-18)17-15(19)11-16-14-7-3-4-8-14/h13-14,16H,2-12H2,1H3,(H,17,19). The zero-order valence-corrected chi connectivity index (χ0v) is 12.3. The first-order valence-electron chi connectivity index (χ1n) is 7.99. The van der Waals surface area contributed by atoms with Crippen molar-refractivity contribution in [2.45, 2.75) is 64.0 Å². The van der Waals surface area contributed by atoms with E-state index in [0.29, 0.717) is 12.6 Å². The van der Waals surface area contributed by atoms with Gasteiger partial charge in [0, 0.05) is 18.6 Å². The van der Waals surface area contributed by atoms with E-state index in [1.807, 2.05) is 0 Å². The van der Waals surface area contributed by atoms with Gasteiger partial charge in [-0.2, -0.15) is 0 Å². The van der Waals surface area contributed by atoms with Gasteiger partial charge < -0.3 is 15.5 Å². The molecule has 0 aromatic heterocycles. The van der Waals surface area contributed by atoms with E-state index in [1.54, 1.807) is 0 Å². The van der Waals surface area contributed by atoms with E-state index in [2.05, 4.69) is 22.5 Å². The van der Waals surface area contributed by atoms with Gasteiger partial charge >= 0.3 is 0 Å². The zero-order valence-electron chi connectivity index (χ0n) is 12.3. The number of likely N-dealkylation sites (tertiary alicyclic amines) is 1. The quantitative estimate of drug-likeness (QED) is 0.767. The first-order chi connectivity index (χ1) is 9.24. The van der Waals surface area contributed by atoms with Gasteiger partial charge in [-0.15, -0.1) is 0 Å². The third-order valence-corrected chi connectivity index (χ3v) is 4.29. The lowest BCUT2D eigenvalue weighted by molar-refractivity contribution is -0.121. The average molecular weight is 267 g/mol. The molecule has 0 bridgehead atoms. The Morgan fingerprint density at radius 3 is 2.53 bits per heavy atom. The second-order valence-corrected chi connectivity index (χ2v) is 6.19. The molecular formula is C15H29N3O. The maximum absolute atomic E-state index is 11.9. The summed E-state index contributed by atoms with van der Waals surface area (Å²) < 4.78 is 0. The van der Waals surface area contributed by atoms with Gasteiger partial charge in [0.1, 0.15) is 0 Å². The number of piperidine rings is 1. The highest BCUT2D eigenvalue weighted by Crippen LogP contribution is 2.17. The summed E-state index contributed by atoms with van der Waals surface area (Å²) in [6.07, 6.45) is 9.07. The molecule has 1 unspecified atom stereocenters. The van der Waals surface area contributed by atoms with Crippen LogP contribution in [0.1, 0.15) is 51.9 Å². The SMILES string of the molecule is CC(CN1CCCCC1)NC(=O)CNC1CCCC1. The summed E-state index contributed by atoms with van der Waals surface area (Å²) in [6.45, 7) is 5.98. The molecule has 1 aliphatic heterocycles. The van der Waals surface area contributed by atoms with Crippen molar-refractivity contribution in [3.05, 3.63) is 0 Å². The topological polar surface area (TPSA) is 44.4 Å². The van der Waals surface area contributed by atoms with Crippen LogP contribution in [0.3, 0.4) is 0 Å². The molecule has 2 aliphatic rings. The molecule has 2 fully saturated rings. The van der Waals surface area contributed by atoms with Crippen LogP contribution >= 0.6 is 0 Å². The third kappa shape index (κ3) is 5.49. The van der Waals surface area contributed by atoms with Crippen molar-refractivity contribution < 1.29 is 4.79 Å². The highest BCUT2D eigenvalue weighted by molar-refractivity contribution is 5.78. The summed E-state index contributed by atoms with van der Waals surface area (Å²) >= 11 is 0. The summed E-state index contributed by atoms with van der Waals surface area (Å²) in [4.78, 5) is 14.3. The Morgan fingerprint density at radius 1 is 1.16 bits per heavy atom. The number of amides is 1. The highest BCUT2D eigenvalue weighted by atomic mass is 16.2. The van der Waals surface area contributed by atoms with E-state index < -0.39 is 0 Å². The number of nitrogens with zero attached hydrogens (tertiary/aromatic N) is 1. The fraction of sp³-hybridized carbons (Fsp3) is 0.933. The monoisotopic (exact) mass is 267 g/mol. The molecule has 0 aromatic rings. The summed E-state index contributed by atoms with van der Waals surface area (Å²) in [6, 6.07) is 0.833. The van der Waals surface area contributed by atoms with E-state index in [4.69, 9.17) is 0 Å². The van der Waals surface area contributed by atoms with E-state index >= 15 is 0 Å². The van der Waals surface area contributed by atoms with Gasteiger partial charge in [0.25, 0.3) is 0 Å². The Kier molecular flexibility index (Phi) is 6.11. The molecule has 1 saturated heterocycles. The molecule has 0 spiro atoms. The maximum atomic E-state index is 11.9. The van der Waals surface area contributed by atoms with Crippen LogP contribution < -0.4 is 10.6 Å². The van der Waals surface area contributed by atoms with Gasteiger partial charge in [0.2, 0.25) is 5.91 Å². The largest absolute Gasteiger partial charge is 0.351 e. The average Bonchev–Trinajstić information content (AvgIpc) is 2.90. The first kappa shape index (κ1) is 14.8. The molecule has 1 amide bonds. The van der Waals surface area contributed by atoms with Crippen LogP contribution in [0.2, 0.25) is 0 Å². The maximum Gasteiger partial charge on any atom is 0.234 e. The number of nitrogens with one attached hydrogen (secondary N) is 2.